The highest BCUT2D eigenvalue weighted by Crippen LogP contribution is 2.31. The number of benzene rings is 2. The fraction of sp³-hybridized carbons (Fsp3) is 0.0588. The molecule has 0 amide bonds. The van der Waals surface area contributed by atoms with Gasteiger partial charge in [-0.2, -0.15) is 0 Å². The molecular formula is C17H13N3O. The van der Waals surface area contributed by atoms with E-state index in [0.29, 0.717) is 0 Å². The Balaban J connectivity index is 1.88. The van der Waals surface area contributed by atoms with E-state index in [-0.39, 0.29) is 0 Å². The molecule has 4 nitrogen and oxygen atoms in total. The summed E-state index contributed by atoms with van der Waals surface area (Å²) in [6, 6.07) is 16.4. The van der Waals surface area contributed by atoms with Crippen LogP contribution >= 0.6 is 0 Å². The zero-order valence-corrected chi connectivity index (χ0v) is 11.5. The number of nitrogens with zero attached hydrogens (tertiary/aromatic N) is 3. The average molecular weight is 275 g/mol. The van der Waals surface area contributed by atoms with Gasteiger partial charge in [-0.05, 0) is 17.7 Å². The zero-order chi connectivity index (χ0) is 14.2. The number of fused-ring (bicyclic) bond motifs is 1. The predicted molar refractivity (Wildman–Crippen MR) is 81.6 cm³/mol. The molecule has 0 spiro atoms. The molecule has 4 rings (SSSR count). The van der Waals surface area contributed by atoms with E-state index < -0.39 is 0 Å². The second kappa shape index (κ2) is 4.59. The maximum Gasteiger partial charge on any atom is 0.141 e. The molecule has 4 aromatic rings. The first-order valence-corrected chi connectivity index (χ1v) is 6.74. The molecule has 0 aliphatic rings. The summed E-state index contributed by atoms with van der Waals surface area (Å²) in [7, 11) is 1.87. The summed E-state index contributed by atoms with van der Waals surface area (Å²) >= 11 is 0. The second-order valence-electron chi connectivity index (χ2n) is 5.00. The smallest absolute Gasteiger partial charge is 0.141 e. The molecule has 0 radical (unpaired) electrons. The third-order valence-electron chi connectivity index (χ3n) is 3.55. The number of para-hydroxylation sites is 1. The van der Waals surface area contributed by atoms with Crippen molar-refractivity contribution in [3.63, 3.8) is 0 Å². The van der Waals surface area contributed by atoms with Gasteiger partial charge in [-0.15, -0.1) is 5.10 Å². The summed E-state index contributed by atoms with van der Waals surface area (Å²) in [4.78, 5) is 0. The molecule has 2 aromatic carbocycles. The predicted octanol–water partition coefficient (Wildman–Crippen LogP) is 3.90. The van der Waals surface area contributed by atoms with E-state index in [0.717, 1.165) is 33.4 Å². The minimum absolute atomic E-state index is 0.867. The summed E-state index contributed by atoms with van der Waals surface area (Å²) in [5.74, 6) is 0. The minimum atomic E-state index is 0.867. The molecule has 0 unspecified atom stereocenters. The van der Waals surface area contributed by atoms with Gasteiger partial charge in [0.1, 0.15) is 11.3 Å². The molecule has 0 fully saturated rings. The van der Waals surface area contributed by atoms with Gasteiger partial charge in [0.15, 0.2) is 0 Å². The second-order valence-corrected chi connectivity index (χ2v) is 5.00. The Morgan fingerprint density at radius 3 is 2.71 bits per heavy atom. The minimum Gasteiger partial charge on any atom is -0.464 e. The molecule has 0 atom stereocenters. The zero-order valence-electron chi connectivity index (χ0n) is 11.5. The lowest BCUT2D eigenvalue weighted by atomic mass is 10.0. The van der Waals surface area contributed by atoms with Crippen molar-refractivity contribution < 1.29 is 4.42 Å². The van der Waals surface area contributed by atoms with Gasteiger partial charge in [0.2, 0.25) is 0 Å². The molecule has 0 saturated heterocycles. The first-order valence-electron chi connectivity index (χ1n) is 6.74. The van der Waals surface area contributed by atoms with E-state index in [1.165, 1.54) is 0 Å². The maximum absolute atomic E-state index is 5.62. The molecule has 4 heteroatoms. The maximum atomic E-state index is 5.62. The Bertz CT molecular complexity index is 920. The normalized spacial score (nSPS) is 11.1. The van der Waals surface area contributed by atoms with Crippen LogP contribution in [-0.2, 0) is 7.05 Å². The number of hydrogen-bond acceptors (Lipinski definition) is 3. The Kier molecular flexibility index (Phi) is 2.60. The number of furan rings is 1. The standard InChI is InChI=1S/C17H13N3O/c1-20-11-16(18-19-20)14-6-2-5-13(10-14)15-7-3-4-12-8-9-21-17(12)15/h2-11H,1H3. The van der Waals surface area contributed by atoms with Gasteiger partial charge in [-0.3, -0.25) is 4.68 Å². The summed E-state index contributed by atoms with van der Waals surface area (Å²) < 4.78 is 7.32. The highest BCUT2D eigenvalue weighted by Gasteiger charge is 2.09. The van der Waals surface area contributed by atoms with Gasteiger partial charge < -0.3 is 4.42 Å². The van der Waals surface area contributed by atoms with Crippen molar-refractivity contribution in [2.24, 2.45) is 7.05 Å². The van der Waals surface area contributed by atoms with Crippen molar-refractivity contribution in [2.45, 2.75) is 0 Å². The van der Waals surface area contributed by atoms with Gasteiger partial charge in [0.05, 0.1) is 12.5 Å². The van der Waals surface area contributed by atoms with Crippen LogP contribution in [-0.4, -0.2) is 15.0 Å². The lowest BCUT2D eigenvalue weighted by molar-refractivity contribution is 0.617. The Hall–Kier alpha value is -2.88. The van der Waals surface area contributed by atoms with Gasteiger partial charge in [-0.25, -0.2) is 0 Å². The van der Waals surface area contributed by atoms with Crippen molar-refractivity contribution in [2.75, 3.05) is 0 Å². The van der Waals surface area contributed by atoms with Crippen LogP contribution in [0.15, 0.2) is 65.4 Å². The molecule has 0 aliphatic carbocycles. The van der Waals surface area contributed by atoms with Gasteiger partial charge in [-0.1, -0.05) is 41.6 Å². The van der Waals surface area contributed by atoms with Crippen molar-refractivity contribution in [1.29, 1.82) is 0 Å². The molecule has 0 bridgehead atoms. The SMILES string of the molecule is Cn1cc(-c2cccc(-c3cccc4ccoc34)c2)nn1. The van der Waals surface area contributed by atoms with Crippen LogP contribution in [0.4, 0.5) is 0 Å². The van der Waals surface area contributed by atoms with E-state index in [1.54, 1.807) is 10.9 Å². The fourth-order valence-electron chi connectivity index (χ4n) is 2.55. The Labute approximate surface area is 121 Å². The van der Waals surface area contributed by atoms with Crippen LogP contribution in [0, 0.1) is 0 Å². The highest BCUT2D eigenvalue weighted by atomic mass is 16.3. The third-order valence-corrected chi connectivity index (χ3v) is 3.55. The summed E-state index contributed by atoms with van der Waals surface area (Å²) in [6.07, 6.45) is 3.63. The van der Waals surface area contributed by atoms with E-state index in [1.807, 2.05) is 37.5 Å². The largest absolute Gasteiger partial charge is 0.464 e. The molecule has 21 heavy (non-hydrogen) atoms. The van der Waals surface area contributed by atoms with E-state index in [4.69, 9.17) is 4.42 Å². The van der Waals surface area contributed by atoms with Crippen LogP contribution in [0.5, 0.6) is 0 Å². The number of rotatable bonds is 2. The topological polar surface area (TPSA) is 43.9 Å². The lowest BCUT2D eigenvalue weighted by Crippen LogP contribution is -1.85. The fourth-order valence-corrected chi connectivity index (χ4v) is 2.55. The van der Waals surface area contributed by atoms with E-state index in [2.05, 4.69) is 34.6 Å². The molecule has 0 aliphatic heterocycles. The molecule has 2 heterocycles. The van der Waals surface area contributed by atoms with Gasteiger partial charge in [0.25, 0.3) is 0 Å². The van der Waals surface area contributed by atoms with Crippen molar-refractivity contribution in [1.82, 2.24) is 15.0 Å². The molecule has 0 N–H and O–H groups in total. The summed E-state index contributed by atoms with van der Waals surface area (Å²) in [5.41, 5.74) is 5.02. The Morgan fingerprint density at radius 1 is 1.00 bits per heavy atom. The monoisotopic (exact) mass is 275 g/mol. The van der Waals surface area contributed by atoms with Crippen LogP contribution in [0.3, 0.4) is 0 Å². The van der Waals surface area contributed by atoms with Crippen LogP contribution in [0.1, 0.15) is 0 Å². The summed E-state index contributed by atoms with van der Waals surface area (Å²) in [5, 5.41) is 9.26. The van der Waals surface area contributed by atoms with Gasteiger partial charge in [0, 0.05) is 23.6 Å². The third kappa shape index (κ3) is 2.01. The average Bonchev–Trinajstić information content (AvgIpc) is 3.15. The van der Waals surface area contributed by atoms with Gasteiger partial charge >= 0.3 is 0 Å². The number of aryl methyl sites for hydroxylation is 1. The molecule has 0 saturated carbocycles. The number of aromatic nitrogens is 3. The lowest BCUT2D eigenvalue weighted by Gasteiger charge is -2.04. The van der Waals surface area contributed by atoms with E-state index >= 15 is 0 Å². The molecule has 102 valence electrons. The number of hydrogen-bond donors (Lipinski definition) is 0. The first-order chi connectivity index (χ1) is 10.3. The van der Waals surface area contributed by atoms with Crippen molar-refractivity contribution in [3.05, 3.63) is 61.0 Å². The Morgan fingerprint density at radius 2 is 1.86 bits per heavy atom. The van der Waals surface area contributed by atoms with E-state index in [9.17, 15) is 0 Å². The van der Waals surface area contributed by atoms with Crippen LogP contribution in [0.2, 0.25) is 0 Å². The highest BCUT2D eigenvalue weighted by molar-refractivity contribution is 5.93. The van der Waals surface area contributed by atoms with Crippen LogP contribution in [0.25, 0.3) is 33.4 Å². The van der Waals surface area contributed by atoms with Crippen molar-refractivity contribution in [3.8, 4) is 22.4 Å². The summed E-state index contributed by atoms with van der Waals surface area (Å²) in [6.45, 7) is 0. The van der Waals surface area contributed by atoms with Crippen LogP contribution < -0.4 is 0 Å². The quantitative estimate of drug-likeness (QED) is 0.557. The molecular weight excluding hydrogens is 262 g/mol. The van der Waals surface area contributed by atoms with Crippen molar-refractivity contribution >= 4 is 11.0 Å². The first kappa shape index (κ1) is 11.9. The molecule has 2 aromatic heterocycles.